The van der Waals surface area contributed by atoms with Crippen LogP contribution in [0.1, 0.15) is 31.9 Å². The summed E-state index contributed by atoms with van der Waals surface area (Å²) in [6, 6.07) is 9.14. The lowest BCUT2D eigenvalue weighted by Gasteiger charge is -2.31. The number of nitrogens with zero attached hydrogens (tertiary/aromatic N) is 1. The van der Waals surface area contributed by atoms with Crippen molar-refractivity contribution in [3.63, 3.8) is 0 Å². The highest BCUT2D eigenvalue weighted by atomic mass is 32.2. The van der Waals surface area contributed by atoms with Crippen LogP contribution in [0.2, 0.25) is 0 Å². The van der Waals surface area contributed by atoms with Gasteiger partial charge in [0.15, 0.2) is 0 Å². The second-order valence-corrected chi connectivity index (χ2v) is 8.10. The maximum Gasteiger partial charge on any atom is 0.244 e. The molecule has 1 N–H and O–H groups in total. The van der Waals surface area contributed by atoms with Gasteiger partial charge in [-0.05, 0) is 55.3 Å². The molecule has 0 aliphatic heterocycles. The Kier molecular flexibility index (Phi) is 6.54. The third kappa shape index (κ3) is 5.26. The molecule has 2 unspecified atom stereocenters. The van der Waals surface area contributed by atoms with Gasteiger partial charge in [0.2, 0.25) is 15.9 Å². The van der Waals surface area contributed by atoms with Crippen LogP contribution in [0.3, 0.4) is 0 Å². The Balaban J connectivity index is 2.28. The summed E-state index contributed by atoms with van der Waals surface area (Å²) >= 11 is 0. The van der Waals surface area contributed by atoms with E-state index >= 15 is 0 Å². The smallest absolute Gasteiger partial charge is 0.244 e. The molecule has 0 bridgehead atoms. The number of benzene rings is 2. The average molecular weight is 396 g/mol. The highest BCUT2D eigenvalue weighted by Crippen LogP contribution is 2.23. The fourth-order valence-corrected chi connectivity index (χ4v) is 4.00. The molecule has 0 saturated carbocycles. The van der Waals surface area contributed by atoms with E-state index in [0.29, 0.717) is 5.56 Å². The van der Waals surface area contributed by atoms with Crippen molar-refractivity contribution in [1.82, 2.24) is 5.32 Å². The third-order valence-electron chi connectivity index (χ3n) is 4.14. The molecule has 2 atom stereocenters. The van der Waals surface area contributed by atoms with Crippen LogP contribution in [-0.4, -0.2) is 26.6 Å². The van der Waals surface area contributed by atoms with Gasteiger partial charge < -0.3 is 5.32 Å². The third-order valence-corrected chi connectivity index (χ3v) is 5.32. The van der Waals surface area contributed by atoms with Crippen LogP contribution in [0.25, 0.3) is 0 Å². The minimum atomic E-state index is -3.79. The number of halogens is 2. The molecule has 8 heteroatoms. The molecule has 2 aromatic rings. The highest BCUT2D eigenvalue weighted by Gasteiger charge is 2.32. The predicted octanol–water partition coefficient (Wildman–Crippen LogP) is 3.39. The first-order valence-electron chi connectivity index (χ1n) is 8.44. The van der Waals surface area contributed by atoms with Crippen molar-refractivity contribution >= 4 is 21.6 Å². The Bertz CT molecular complexity index is 884. The summed E-state index contributed by atoms with van der Waals surface area (Å²) in [6.45, 7) is 3.41. The number of amides is 1. The zero-order chi connectivity index (χ0) is 20.2. The molecular formula is C19H22F2N2O3S. The monoisotopic (exact) mass is 396 g/mol. The van der Waals surface area contributed by atoms with Crippen LogP contribution in [0, 0.1) is 11.6 Å². The average Bonchev–Trinajstić information content (AvgIpc) is 2.60. The number of nitrogens with one attached hydrogen (secondary N) is 1. The normalized spacial score (nSPS) is 13.7. The van der Waals surface area contributed by atoms with E-state index in [1.54, 1.807) is 26.0 Å². The molecule has 0 heterocycles. The standard InChI is InChI=1S/C19H22F2N2O3S/c1-4-18(19(24)22-13(2)14-5-7-15(20)8-6-14)23(27(3,25)26)17-11-9-16(21)10-12-17/h5-13,18H,4H2,1-3H3,(H,22,24). The number of sulfonamides is 1. The van der Waals surface area contributed by atoms with Crippen LogP contribution in [0.5, 0.6) is 0 Å². The van der Waals surface area contributed by atoms with Crippen LogP contribution in [0.15, 0.2) is 48.5 Å². The summed E-state index contributed by atoms with van der Waals surface area (Å²) in [7, 11) is -3.79. The first-order chi connectivity index (χ1) is 12.6. The lowest BCUT2D eigenvalue weighted by atomic mass is 10.1. The fourth-order valence-electron chi connectivity index (χ4n) is 2.79. The molecule has 0 aliphatic carbocycles. The maximum atomic E-state index is 13.2. The van der Waals surface area contributed by atoms with Gasteiger partial charge in [-0.2, -0.15) is 0 Å². The van der Waals surface area contributed by atoms with E-state index in [9.17, 15) is 22.0 Å². The number of hydrogen-bond donors (Lipinski definition) is 1. The summed E-state index contributed by atoms with van der Waals surface area (Å²) in [6.07, 6.45) is 1.21. The quantitative estimate of drug-likeness (QED) is 0.780. The van der Waals surface area contributed by atoms with E-state index in [0.717, 1.165) is 22.7 Å². The second kappa shape index (κ2) is 8.47. The molecule has 5 nitrogen and oxygen atoms in total. The van der Waals surface area contributed by atoms with E-state index in [2.05, 4.69) is 5.32 Å². The number of carbonyl (C=O) groups is 1. The van der Waals surface area contributed by atoms with Gasteiger partial charge in [0.25, 0.3) is 0 Å². The second-order valence-electron chi connectivity index (χ2n) is 6.24. The maximum absolute atomic E-state index is 13.2. The SMILES string of the molecule is CCC(C(=O)NC(C)c1ccc(F)cc1)N(c1ccc(F)cc1)S(C)(=O)=O. The van der Waals surface area contributed by atoms with Crippen molar-refractivity contribution in [3.8, 4) is 0 Å². The minimum Gasteiger partial charge on any atom is -0.348 e. The molecule has 0 spiro atoms. The van der Waals surface area contributed by atoms with Crippen LogP contribution in [0.4, 0.5) is 14.5 Å². The van der Waals surface area contributed by atoms with Gasteiger partial charge in [-0.25, -0.2) is 17.2 Å². The molecule has 2 rings (SSSR count). The van der Waals surface area contributed by atoms with E-state index in [4.69, 9.17) is 0 Å². The molecule has 0 saturated heterocycles. The van der Waals surface area contributed by atoms with Gasteiger partial charge in [0.1, 0.15) is 17.7 Å². The number of carbonyl (C=O) groups excluding carboxylic acids is 1. The summed E-state index contributed by atoms with van der Waals surface area (Å²) in [4.78, 5) is 12.8. The van der Waals surface area contributed by atoms with Gasteiger partial charge in [0, 0.05) is 0 Å². The topological polar surface area (TPSA) is 66.5 Å². The Hall–Kier alpha value is -2.48. The zero-order valence-electron chi connectivity index (χ0n) is 15.3. The van der Waals surface area contributed by atoms with Crippen molar-refractivity contribution in [2.75, 3.05) is 10.6 Å². The number of rotatable bonds is 7. The Morgan fingerprint density at radius 3 is 1.96 bits per heavy atom. The number of hydrogen-bond acceptors (Lipinski definition) is 3. The van der Waals surface area contributed by atoms with E-state index < -0.39 is 33.8 Å². The molecule has 27 heavy (non-hydrogen) atoms. The van der Waals surface area contributed by atoms with Crippen LogP contribution in [-0.2, 0) is 14.8 Å². The zero-order valence-corrected chi connectivity index (χ0v) is 16.1. The predicted molar refractivity (Wildman–Crippen MR) is 101 cm³/mol. The number of anilines is 1. The first-order valence-corrected chi connectivity index (χ1v) is 10.3. The van der Waals surface area contributed by atoms with Crippen molar-refractivity contribution in [3.05, 3.63) is 65.7 Å². The van der Waals surface area contributed by atoms with Crippen LogP contribution >= 0.6 is 0 Å². The molecule has 2 aromatic carbocycles. The van der Waals surface area contributed by atoms with E-state index in [-0.39, 0.29) is 17.9 Å². The van der Waals surface area contributed by atoms with Crippen molar-refractivity contribution in [1.29, 1.82) is 0 Å². The molecule has 0 radical (unpaired) electrons. The van der Waals surface area contributed by atoms with Crippen LogP contribution < -0.4 is 9.62 Å². The largest absolute Gasteiger partial charge is 0.348 e. The lowest BCUT2D eigenvalue weighted by Crippen LogP contribution is -2.49. The van der Waals surface area contributed by atoms with Gasteiger partial charge in [0.05, 0.1) is 18.0 Å². The Labute approximate surface area is 158 Å². The Morgan fingerprint density at radius 2 is 1.52 bits per heavy atom. The summed E-state index contributed by atoms with van der Waals surface area (Å²) in [5.74, 6) is -1.39. The van der Waals surface area contributed by atoms with Gasteiger partial charge in [-0.1, -0.05) is 19.1 Å². The summed E-state index contributed by atoms with van der Waals surface area (Å²) < 4.78 is 51.9. The molecule has 0 aromatic heterocycles. The first kappa shape index (κ1) is 20.8. The molecule has 0 fully saturated rings. The summed E-state index contributed by atoms with van der Waals surface area (Å²) in [5, 5.41) is 2.76. The van der Waals surface area contributed by atoms with Gasteiger partial charge in [-0.15, -0.1) is 0 Å². The molecular weight excluding hydrogens is 374 g/mol. The Morgan fingerprint density at radius 1 is 1.04 bits per heavy atom. The van der Waals surface area contributed by atoms with Gasteiger partial charge in [-0.3, -0.25) is 9.10 Å². The lowest BCUT2D eigenvalue weighted by molar-refractivity contribution is -0.122. The van der Waals surface area contributed by atoms with E-state index in [1.807, 2.05) is 0 Å². The van der Waals surface area contributed by atoms with Gasteiger partial charge >= 0.3 is 0 Å². The summed E-state index contributed by atoms with van der Waals surface area (Å²) in [5.41, 5.74) is 0.891. The fraction of sp³-hybridized carbons (Fsp3) is 0.316. The molecule has 1 amide bonds. The molecule has 0 aliphatic rings. The highest BCUT2D eigenvalue weighted by molar-refractivity contribution is 7.92. The van der Waals surface area contributed by atoms with Crippen molar-refractivity contribution in [2.45, 2.75) is 32.4 Å². The molecule has 146 valence electrons. The van der Waals surface area contributed by atoms with Crippen molar-refractivity contribution < 1.29 is 22.0 Å². The van der Waals surface area contributed by atoms with Crippen molar-refractivity contribution in [2.24, 2.45) is 0 Å². The van der Waals surface area contributed by atoms with E-state index in [1.165, 1.54) is 24.3 Å². The minimum absolute atomic E-state index is 0.204.